The topological polar surface area (TPSA) is 12.0 Å². The van der Waals surface area contributed by atoms with Crippen molar-refractivity contribution >= 4 is 11.3 Å². The Balaban J connectivity index is 1.86. The highest BCUT2D eigenvalue weighted by molar-refractivity contribution is 5.76. The lowest BCUT2D eigenvalue weighted by molar-refractivity contribution is 0.515. The number of allylic oxidation sites excluding steroid dienone is 6. The summed E-state index contributed by atoms with van der Waals surface area (Å²) in [7, 11) is 0. The minimum absolute atomic E-state index is 0.529. The SMILES string of the molecule is C/C=C\C1C=CC(c2ccc(NC(C)CCCCC(C)C)cc2)=CC1C. The number of hydrogen-bond donors (Lipinski definition) is 1. The number of benzene rings is 1. The van der Waals surface area contributed by atoms with E-state index in [1.54, 1.807) is 0 Å². The summed E-state index contributed by atoms with van der Waals surface area (Å²) in [6.07, 6.45) is 16.7. The lowest BCUT2D eigenvalue weighted by atomic mass is 9.85. The predicted octanol–water partition coefficient (Wildman–Crippen LogP) is 7.49. The Labute approximate surface area is 161 Å². The summed E-state index contributed by atoms with van der Waals surface area (Å²) in [6, 6.07) is 9.46. The Morgan fingerprint density at radius 3 is 2.35 bits per heavy atom. The minimum atomic E-state index is 0.529. The summed E-state index contributed by atoms with van der Waals surface area (Å²) < 4.78 is 0. The van der Waals surface area contributed by atoms with E-state index in [0.29, 0.717) is 17.9 Å². The third kappa shape index (κ3) is 6.52. The third-order valence-electron chi connectivity index (χ3n) is 5.26. The van der Waals surface area contributed by atoms with Gasteiger partial charge in [0.05, 0.1) is 0 Å². The van der Waals surface area contributed by atoms with E-state index in [-0.39, 0.29) is 0 Å². The summed E-state index contributed by atoms with van der Waals surface area (Å²) in [5.41, 5.74) is 3.87. The molecular formula is C25H37N. The van der Waals surface area contributed by atoms with Crippen molar-refractivity contribution in [2.75, 3.05) is 5.32 Å². The maximum absolute atomic E-state index is 3.65. The first-order valence-electron chi connectivity index (χ1n) is 10.4. The molecule has 0 aliphatic heterocycles. The van der Waals surface area contributed by atoms with Gasteiger partial charge in [-0.2, -0.15) is 0 Å². The zero-order valence-electron chi connectivity index (χ0n) is 17.3. The summed E-state index contributed by atoms with van der Waals surface area (Å²) in [5, 5.41) is 3.65. The monoisotopic (exact) mass is 351 g/mol. The molecule has 142 valence electrons. The largest absolute Gasteiger partial charge is 0.383 e. The fourth-order valence-electron chi connectivity index (χ4n) is 3.61. The lowest BCUT2D eigenvalue weighted by Gasteiger charge is -2.21. The van der Waals surface area contributed by atoms with Gasteiger partial charge in [0.25, 0.3) is 0 Å². The van der Waals surface area contributed by atoms with Crippen LogP contribution in [-0.2, 0) is 0 Å². The van der Waals surface area contributed by atoms with E-state index in [2.05, 4.69) is 94.6 Å². The van der Waals surface area contributed by atoms with Crippen molar-refractivity contribution in [1.82, 2.24) is 0 Å². The molecule has 1 N–H and O–H groups in total. The molecule has 0 fully saturated rings. The Kier molecular flexibility index (Phi) is 8.22. The Hall–Kier alpha value is -1.76. The van der Waals surface area contributed by atoms with Gasteiger partial charge in [-0.1, -0.05) is 82.5 Å². The highest BCUT2D eigenvalue weighted by Crippen LogP contribution is 2.29. The molecule has 0 bridgehead atoms. The van der Waals surface area contributed by atoms with Crippen LogP contribution in [0.4, 0.5) is 5.69 Å². The molecule has 0 amide bonds. The second-order valence-corrected chi connectivity index (χ2v) is 8.24. The summed E-state index contributed by atoms with van der Waals surface area (Å²) in [4.78, 5) is 0. The average Bonchev–Trinajstić information content (AvgIpc) is 2.61. The summed E-state index contributed by atoms with van der Waals surface area (Å²) >= 11 is 0. The van der Waals surface area contributed by atoms with Crippen LogP contribution in [0.15, 0.2) is 54.6 Å². The van der Waals surface area contributed by atoms with Gasteiger partial charge in [-0.05, 0) is 55.4 Å². The Bertz CT molecular complexity index is 618. The molecule has 0 saturated heterocycles. The Morgan fingerprint density at radius 1 is 1.04 bits per heavy atom. The van der Waals surface area contributed by atoms with Crippen molar-refractivity contribution in [2.45, 2.75) is 66.3 Å². The smallest absolute Gasteiger partial charge is 0.0342 e. The number of anilines is 1. The molecule has 1 aliphatic rings. The molecule has 0 spiro atoms. The van der Waals surface area contributed by atoms with Crippen molar-refractivity contribution in [3.63, 3.8) is 0 Å². The van der Waals surface area contributed by atoms with Crippen LogP contribution in [-0.4, -0.2) is 6.04 Å². The molecule has 2 rings (SSSR count). The Morgan fingerprint density at radius 2 is 1.73 bits per heavy atom. The lowest BCUT2D eigenvalue weighted by Crippen LogP contribution is -2.14. The van der Waals surface area contributed by atoms with Gasteiger partial charge >= 0.3 is 0 Å². The molecule has 1 aliphatic carbocycles. The van der Waals surface area contributed by atoms with Gasteiger partial charge in [0.2, 0.25) is 0 Å². The molecule has 1 nitrogen and oxygen atoms in total. The quantitative estimate of drug-likeness (QED) is 0.359. The van der Waals surface area contributed by atoms with Crippen LogP contribution in [0, 0.1) is 17.8 Å². The second kappa shape index (κ2) is 10.4. The van der Waals surface area contributed by atoms with Crippen molar-refractivity contribution < 1.29 is 0 Å². The molecule has 1 aromatic carbocycles. The average molecular weight is 352 g/mol. The first-order valence-corrected chi connectivity index (χ1v) is 10.4. The van der Waals surface area contributed by atoms with Crippen molar-refractivity contribution in [3.05, 3.63) is 60.2 Å². The van der Waals surface area contributed by atoms with Gasteiger partial charge in [0, 0.05) is 17.6 Å². The van der Waals surface area contributed by atoms with Crippen LogP contribution >= 0.6 is 0 Å². The van der Waals surface area contributed by atoms with Crippen LogP contribution < -0.4 is 5.32 Å². The molecule has 0 aromatic heterocycles. The highest BCUT2D eigenvalue weighted by Gasteiger charge is 2.14. The number of unbranched alkanes of at least 4 members (excludes halogenated alkanes) is 1. The molecular weight excluding hydrogens is 314 g/mol. The van der Waals surface area contributed by atoms with Gasteiger partial charge in [-0.25, -0.2) is 0 Å². The maximum Gasteiger partial charge on any atom is 0.0342 e. The number of hydrogen-bond acceptors (Lipinski definition) is 1. The van der Waals surface area contributed by atoms with E-state index >= 15 is 0 Å². The van der Waals surface area contributed by atoms with Crippen molar-refractivity contribution in [1.29, 1.82) is 0 Å². The predicted molar refractivity (Wildman–Crippen MR) is 117 cm³/mol. The van der Waals surface area contributed by atoms with E-state index in [9.17, 15) is 0 Å². The van der Waals surface area contributed by atoms with Gasteiger partial charge in [0.15, 0.2) is 0 Å². The summed E-state index contributed by atoms with van der Waals surface area (Å²) in [5.74, 6) is 1.90. The van der Waals surface area contributed by atoms with Crippen LogP contribution in [0.2, 0.25) is 0 Å². The fraction of sp³-hybridized carbons (Fsp3) is 0.520. The first kappa shape index (κ1) is 20.6. The number of rotatable bonds is 9. The molecule has 3 unspecified atom stereocenters. The molecule has 0 saturated carbocycles. The van der Waals surface area contributed by atoms with Crippen LogP contribution in [0.5, 0.6) is 0 Å². The standard InChI is InChI=1S/C25H37N/c1-6-9-22-12-13-24(18-20(22)4)23-14-16-25(17-15-23)26-21(5)11-8-7-10-19(2)3/h6,9,12-22,26H,7-8,10-11H2,1-5H3/b9-6-. The maximum atomic E-state index is 3.65. The fourth-order valence-corrected chi connectivity index (χ4v) is 3.61. The van der Waals surface area contributed by atoms with E-state index in [1.165, 1.54) is 42.5 Å². The van der Waals surface area contributed by atoms with Gasteiger partial charge < -0.3 is 5.32 Å². The zero-order valence-corrected chi connectivity index (χ0v) is 17.3. The number of nitrogens with one attached hydrogen (secondary N) is 1. The second-order valence-electron chi connectivity index (χ2n) is 8.24. The van der Waals surface area contributed by atoms with Gasteiger partial charge in [-0.3, -0.25) is 0 Å². The normalized spacial score (nSPS) is 21.2. The molecule has 1 heteroatoms. The van der Waals surface area contributed by atoms with E-state index in [4.69, 9.17) is 0 Å². The van der Waals surface area contributed by atoms with Crippen molar-refractivity contribution in [2.24, 2.45) is 17.8 Å². The molecule has 3 atom stereocenters. The van der Waals surface area contributed by atoms with E-state index < -0.39 is 0 Å². The first-order chi connectivity index (χ1) is 12.5. The zero-order chi connectivity index (χ0) is 18.9. The van der Waals surface area contributed by atoms with E-state index in [0.717, 1.165) is 5.92 Å². The van der Waals surface area contributed by atoms with E-state index in [1.807, 2.05) is 0 Å². The molecule has 0 heterocycles. The van der Waals surface area contributed by atoms with Gasteiger partial charge in [0.1, 0.15) is 0 Å². The molecule has 0 radical (unpaired) electrons. The van der Waals surface area contributed by atoms with Crippen LogP contribution in [0.25, 0.3) is 5.57 Å². The minimum Gasteiger partial charge on any atom is -0.383 e. The molecule has 26 heavy (non-hydrogen) atoms. The third-order valence-corrected chi connectivity index (χ3v) is 5.26. The summed E-state index contributed by atoms with van der Waals surface area (Å²) in [6.45, 7) is 11.3. The molecule has 1 aromatic rings. The van der Waals surface area contributed by atoms with Crippen molar-refractivity contribution in [3.8, 4) is 0 Å². The highest BCUT2D eigenvalue weighted by atomic mass is 14.9. The van der Waals surface area contributed by atoms with Gasteiger partial charge in [-0.15, -0.1) is 0 Å². The van der Waals surface area contributed by atoms with Crippen LogP contribution in [0.1, 0.15) is 65.9 Å². The van der Waals surface area contributed by atoms with Crippen LogP contribution in [0.3, 0.4) is 0 Å².